The van der Waals surface area contributed by atoms with Gasteiger partial charge < -0.3 is 19.1 Å². The fraction of sp³-hybridized carbons (Fsp3) is 0.860. The van der Waals surface area contributed by atoms with Crippen molar-refractivity contribution in [1.29, 1.82) is 0 Å². The number of rotatable bonds is 7. The minimum atomic E-state index is -0.398. The molecule has 332 valence electrons. The maximum absolute atomic E-state index is 13.0. The number of carbonyl (C=O) groups is 3. The summed E-state index contributed by atoms with van der Waals surface area (Å²) in [5.74, 6) is 0.554. The van der Waals surface area contributed by atoms with Gasteiger partial charge in [-0.25, -0.2) is 0 Å². The fourth-order valence-corrected chi connectivity index (χ4v) is 8.13. The molecule has 57 heavy (non-hydrogen) atoms. The number of ether oxygens (including phenoxy) is 3. The smallest absolute Gasteiger partial charge is 0.306 e. The second-order valence-corrected chi connectivity index (χ2v) is 18.0. The summed E-state index contributed by atoms with van der Waals surface area (Å²) in [5, 5.41) is 0. The standard InChI is InChI=1S/C50H91NO6/c1-44(40-45(2)42-51(4)5)41-50(54)57-47-36-32-28-24-20-16-12-8-6-10-14-18-22-26-30-34-38-48(52)55-43-46(3)56-49(53)39-35-31-27-23-19-15-11-7-9-13-17-21-25-29-33-37-47/h6-7,10-11,44-47H,8-9,12-43H2,1-5H3. The quantitative estimate of drug-likeness (QED) is 0.144. The van der Waals surface area contributed by atoms with Crippen LogP contribution in [-0.4, -0.2) is 62.3 Å². The van der Waals surface area contributed by atoms with Gasteiger partial charge >= 0.3 is 17.9 Å². The van der Waals surface area contributed by atoms with Gasteiger partial charge in [-0.1, -0.05) is 128 Å². The number of carbonyl (C=O) groups excluding carboxylic acids is 3. The Balaban J connectivity index is 2.48. The van der Waals surface area contributed by atoms with Crippen molar-refractivity contribution in [2.45, 2.75) is 238 Å². The first kappa shape index (κ1) is 52.9. The van der Waals surface area contributed by atoms with Crippen molar-refractivity contribution in [2.24, 2.45) is 11.8 Å². The monoisotopic (exact) mass is 802 g/mol. The molecule has 0 radical (unpaired) electrons. The molecule has 0 amide bonds. The van der Waals surface area contributed by atoms with Crippen LogP contribution in [0.25, 0.3) is 0 Å². The fourth-order valence-electron chi connectivity index (χ4n) is 8.13. The number of allylic oxidation sites excluding steroid dienone is 4. The first-order valence-corrected chi connectivity index (χ1v) is 24.1. The molecule has 7 nitrogen and oxygen atoms in total. The SMILES string of the molecule is CC(CC(=O)OC1CCCCCCCCC=CCCCCCCCC(=O)OCC(C)OC(=O)CCCCCCCC=CCCCCCCCC1)CC(C)CN(C)C. The summed E-state index contributed by atoms with van der Waals surface area (Å²) in [7, 11) is 4.24. The molecular weight excluding hydrogens is 711 g/mol. The Morgan fingerprint density at radius 3 is 1.47 bits per heavy atom. The molecule has 0 bridgehead atoms. The van der Waals surface area contributed by atoms with Gasteiger partial charge in [0.1, 0.15) is 18.8 Å². The van der Waals surface area contributed by atoms with Crippen LogP contribution in [0.2, 0.25) is 0 Å². The van der Waals surface area contributed by atoms with E-state index in [1.54, 1.807) is 6.92 Å². The van der Waals surface area contributed by atoms with E-state index in [1.165, 1.54) is 103 Å². The predicted octanol–water partition coefficient (Wildman–Crippen LogP) is 13.8. The molecule has 0 aromatic heterocycles. The zero-order valence-corrected chi connectivity index (χ0v) is 38.1. The lowest BCUT2D eigenvalue weighted by atomic mass is 9.94. The zero-order chi connectivity index (χ0) is 41.6. The molecule has 0 fully saturated rings. The summed E-state index contributed by atoms with van der Waals surface area (Å²) in [5.41, 5.74) is 0. The zero-order valence-electron chi connectivity index (χ0n) is 38.1. The van der Waals surface area contributed by atoms with Crippen LogP contribution >= 0.6 is 0 Å². The number of cyclic esters (lactones) is 2. The van der Waals surface area contributed by atoms with Gasteiger partial charge in [-0.05, 0) is 129 Å². The van der Waals surface area contributed by atoms with Crippen LogP contribution in [0.1, 0.15) is 226 Å². The van der Waals surface area contributed by atoms with E-state index in [2.05, 4.69) is 57.1 Å². The van der Waals surface area contributed by atoms with Crippen molar-refractivity contribution < 1.29 is 28.6 Å². The second kappa shape index (κ2) is 38.1. The average molecular weight is 802 g/mol. The predicted molar refractivity (Wildman–Crippen MR) is 239 cm³/mol. The Morgan fingerprint density at radius 1 is 0.614 bits per heavy atom. The Bertz CT molecular complexity index is 1020. The van der Waals surface area contributed by atoms with Gasteiger partial charge in [0.05, 0.1) is 0 Å². The molecule has 0 N–H and O–H groups in total. The van der Waals surface area contributed by atoms with E-state index in [9.17, 15) is 14.4 Å². The van der Waals surface area contributed by atoms with Crippen molar-refractivity contribution in [2.75, 3.05) is 27.2 Å². The summed E-state index contributed by atoms with van der Waals surface area (Å²) in [6, 6.07) is 0. The molecule has 0 aromatic carbocycles. The van der Waals surface area contributed by atoms with E-state index in [-0.39, 0.29) is 30.6 Å². The highest BCUT2D eigenvalue weighted by Gasteiger charge is 2.19. The Kier molecular flexibility index (Phi) is 35.3. The lowest BCUT2D eigenvalue weighted by Crippen LogP contribution is -2.23. The minimum absolute atomic E-state index is 0.00805. The molecule has 0 spiro atoms. The average Bonchev–Trinajstić information content (AvgIpc) is 3.15. The molecule has 1 heterocycles. The first-order valence-electron chi connectivity index (χ1n) is 24.1. The third-order valence-electron chi connectivity index (χ3n) is 11.2. The van der Waals surface area contributed by atoms with Gasteiger partial charge in [-0.15, -0.1) is 0 Å². The normalized spacial score (nSPS) is 23.6. The van der Waals surface area contributed by atoms with Crippen molar-refractivity contribution in [1.82, 2.24) is 4.90 Å². The molecular formula is C50H91NO6. The highest BCUT2D eigenvalue weighted by atomic mass is 16.6. The summed E-state index contributed by atoms with van der Waals surface area (Å²) in [6.07, 6.45) is 44.0. The van der Waals surface area contributed by atoms with E-state index in [4.69, 9.17) is 14.2 Å². The highest BCUT2D eigenvalue weighted by Crippen LogP contribution is 2.21. The summed E-state index contributed by atoms with van der Waals surface area (Å²) in [6.45, 7) is 7.48. The van der Waals surface area contributed by atoms with Crippen LogP contribution in [-0.2, 0) is 28.6 Å². The maximum atomic E-state index is 13.0. The van der Waals surface area contributed by atoms with Gasteiger partial charge in [-0.2, -0.15) is 0 Å². The summed E-state index contributed by atoms with van der Waals surface area (Å²) >= 11 is 0. The molecule has 7 heteroatoms. The molecule has 1 aliphatic rings. The molecule has 0 aliphatic carbocycles. The lowest BCUT2D eigenvalue weighted by Gasteiger charge is -2.22. The van der Waals surface area contributed by atoms with Gasteiger partial charge in [0, 0.05) is 25.8 Å². The largest absolute Gasteiger partial charge is 0.462 e. The van der Waals surface area contributed by atoms with Crippen LogP contribution in [0, 0.1) is 11.8 Å². The van der Waals surface area contributed by atoms with Gasteiger partial charge in [0.2, 0.25) is 0 Å². The number of hydrogen-bond donors (Lipinski definition) is 0. The van der Waals surface area contributed by atoms with E-state index in [0.717, 1.165) is 90.0 Å². The second-order valence-electron chi connectivity index (χ2n) is 18.0. The topological polar surface area (TPSA) is 82.1 Å². The van der Waals surface area contributed by atoms with E-state index in [0.29, 0.717) is 31.1 Å². The van der Waals surface area contributed by atoms with E-state index >= 15 is 0 Å². The molecule has 0 aromatic rings. The van der Waals surface area contributed by atoms with Crippen LogP contribution in [0.4, 0.5) is 0 Å². The van der Waals surface area contributed by atoms with Gasteiger partial charge in [-0.3, -0.25) is 14.4 Å². The van der Waals surface area contributed by atoms with Crippen LogP contribution in [0.15, 0.2) is 24.3 Å². The highest BCUT2D eigenvalue weighted by molar-refractivity contribution is 5.70. The number of esters is 3. The van der Waals surface area contributed by atoms with Crippen LogP contribution in [0.5, 0.6) is 0 Å². The van der Waals surface area contributed by atoms with Crippen molar-refractivity contribution in [3.63, 3.8) is 0 Å². The Morgan fingerprint density at radius 2 is 1.02 bits per heavy atom. The third-order valence-corrected chi connectivity index (χ3v) is 11.2. The number of hydrogen-bond acceptors (Lipinski definition) is 7. The summed E-state index contributed by atoms with van der Waals surface area (Å²) in [4.78, 5) is 39.6. The van der Waals surface area contributed by atoms with Gasteiger partial charge in [0.25, 0.3) is 0 Å². The van der Waals surface area contributed by atoms with E-state index in [1.807, 2.05) is 0 Å². The molecule has 4 atom stereocenters. The molecule has 0 saturated heterocycles. The minimum Gasteiger partial charge on any atom is -0.462 e. The van der Waals surface area contributed by atoms with Crippen molar-refractivity contribution in [3.8, 4) is 0 Å². The van der Waals surface area contributed by atoms with Gasteiger partial charge in [0.15, 0.2) is 0 Å². The number of nitrogens with zero attached hydrogens (tertiary/aromatic N) is 1. The molecule has 1 aliphatic heterocycles. The summed E-state index contributed by atoms with van der Waals surface area (Å²) < 4.78 is 17.0. The van der Waals surface area contributed by atoms with Crippen LogP contribution < -0.4 is 0 Å². The molecule has 1 rings (SSSR count). The van der Waals surface area contributed by atoms with E-state index < -0.39 is 6.10 Å². The Labute approximate surface area is 352 Å². The van der Waals surface area contributed by atoms with Crippen LogP contribution in [0.3, 0.4) is 0 Å². The molecule has 4 unspecified atom stereocenters. The first-order chi connectivity index (χ1) is 27.7. The lowest BCUT2D eigenvalue weighted by molar-refractivity contribution is -0.158. The van der Waals surface area contributed by atoms with Crippen molar-refractivity contribution in [3.05, 3.63) is 24.3 Å². The van der Waals surface area contributed by atoms with Crippen molar-refractivity contribution >= 4 is 17.9 Å². The third kappa shape index (κ3) is 36.6. The maximum Gasteiger partial charge on any atom is 0.306 e. The molecule has 0 saturated carbocycles. The Hall–Kier alpha value is -2.15.